The number of rotatable bonds is 11. The Balaban J connectivity index is 1.09. The van der Waals surface area contributed by atoms with Crippen molar-refractivity contribution in [3.05, 3.63) is 58.8 Å². The Kier molecular flexibility index (Phi) is 8.98. The van der Waals surface area contributed by atoms with E-state index in [1.165, 1.54) is 5.56 Å². The van der Waals surface area contributed by atoms with Gasteiger partial charge in [-0.2, -0.15) is 0 Å². The number of aryl methyl sites for hydroxylation is 1. The normalized spacial score (nSPS) is 21.1. The molecule has 238 valence electrons. The van der Waals surface area contributed by atoms with E-state index in [2.05, 4.69) is 56.0 Å². The van der Waals surface area contributed by atoms with Gasteiger partial charge in [-0.1, -0.05) is 39.8 Å². The lowest BCUT2D eigenvalue weighted by Gasteiger charge is -2.38. The predicted octanol–water partition coefficient (Wildman–Crippen LogP) is 7.82. The molecule has 44 heavy (non-hydrogen) atoms. The molecule has 2 aromatic carbocycles. The van der Waals surface area contributed by atoms with Crippen molar-refractivity contribution in [3.63, 3.8) is 0 Å². The quantitative estimate of drug-likeness (QED) is 0.239. The second kappa shape index (κ2) is 12.8. The number of piperidine rings is 1. The molecule has 1 aliphatic carbocycles. The summed E-state index contributed by atoms with van der Waals surface area (Å²) in [5.74, 6) is 2.63. The second-order valence-electron chi connectivity index (χ2n) is 14.6. The van der Waals surface area contributed by atoms with E-state index in [1.807, 2.05) is 13.0 Å². The van der Waals surface area contributed by atoms with Gasteiger partial charge in [0.15, 0.2) is 0 Å². The number of hydrogen-bond acceptors (Lipinski definition) is 6. The number of aliphatic carboxylic acids is 1. The fourth-order valence-corrected chi connectivity index (χ4v) is 7.30. The van der Waals surface area contributed by atoms with E-state index in [4.69, 9.17) is 18.6 Å². The van der Waals surface area contributed by atoms with Gasteiger partial charge in [-0.05, 0) is 110 Å². The number of carbonyl (C=O) groups is 1. The van der Waals surface area contributed by atoms with E-state index in [0.29, 0.717) is 25.0 Å². The maximum atomic E-state index is 11.9. The lowest BCUT2D eigenvalue weighted by atomic mass is 9.81. The third-order valence-corrected chi connectivity index (χ3v) is 9.85. The van der Waals surface area contributed by atoms with E-state index in [9.17, 15) is 9.90 Å². The number of fused-ring (bicyclic) bond motifs is 2. The average molecular weight is 604 g/mol. The molecule has 3 heterocycles. The van der Waals surface area contributed by atoms with Crippen molar-refractivity contribution in [1.29, 1.82) is 0 Å². The van der Waals surface area contributed by atoms with Crippen molar-refractivity contribution in [1.82, 2.24) is 4.90 Å². The molecular weight excluding hydrogens is 554 g/mol. The summed E-state index contributed by atoms with van der Waals surface area (Å²) in [5.41, 5.74) is 4.48. The summed E-state index contributed by atoms with van der Waals surface area (Å²) < 4.78 is 24.7. The fraction of sp³-hybridized carbons (Fsp3) is 0.595. The summed E-state index contributed by atoms with van der Waals surface area (Å²) in [6.07, 6.45) is 6.67. The third kappa shape index (κ3) is 6.94. The number of benzene rings is 2. The minimum atomic E-state index is -0.711. The molecule has 7 nitrogen and oxygen atoms in total. The molecular formula is C37H49NO6. The van der Waals surface area contributed by atoms with Crippen LogP contribution < -0.4 is 9.47 Å². The number of carboxylic acids is 1. The van der Waals surface area contributed by atoms with Gasteiger partial charge >= 0.3 is 5.97 Å². The van der Waals surface area contributed by atoms with Gasteiger partial charge in [0.05, 0.1) is 25.2 Å². The molecule has 2 aliphatic heterocycles. The van der Waals surface area contributed by atoms with Crippen molar-refractivity contribution in [2.45, 2.75) is 91.4 Å². The maximum absolute atomic E-state index is 11.9. The monoisotopic (exact) mass is 603 g/mol. The number of methoxy groups -OCH3 is 1. The van der Waals surface area contributed by atoms with Crippen LogP contribution in [0.5, 0.6) is 11.5 Å². The molecule has 0 spiro atoms. The van der Waals surface area contributed by atoms with Crippen LogP contribution in [0.4, 0.5) is 0 Å². The second-order valence-corrected chi connectivity index (χ2v) is 14.6. The maximum Gasteiger partial charge on any atom is 0.306 e. The smallest absolute Gasteiger partial charge is 0.306 e. The molecule has 0 radical (unpaired) electrons. The van der Waals surface area contributed by atoms with Crippen LogP contribution in [-0.2, 0) is 29.1 Å². The van der Waals surface area contributed by atoms with Gasteiger partial charge in [-0.25, -0.2) is 0 Å². The van der Waals surface area contributed by atoms with Crippen LogP contribution >= 0.6 is 0 Å². The van der Waals surface area contributed by atoms with Gasteiger partial charge in [0.1, 0.15) is 35.6 Å². The summed E-state index contributed by atoms with van der Waals surface area (Å²) in [4.78, 5) is 14.4. The van der Waals surface area contributed by atoms with Crippen molar-refractivity contribution in [3.8, 4) is 11.5 Å². The molecule has 1 aromatic heterocycles. The molecule has 1 N–H and O–H groups in total. The summed E-state index contributed by atoms with van der Waals surface area (Å²) in [6, 6.07) is 12.7. The molecule has 1 saturated carbocycles. The first-order chi connectivity index (χ1) is 21.1. The zero-order valence-electron chi connectivity index (χ0n) is 27.1. The molecule has 6 rings (SSSR count). The summed E-state index contributed by atoms with van der Waals surface area (Å²) in [7, 11) is 1.73. The van der Waals surface area contributed by atoms with Gasteiger partial charge in [0.25, 0.3) is 0 Å². The van der Waals surface area contributed by atoms with E-state index in [0.717, 1.165) is 97.5 Å². The first kappa shape index (κ1) is 31.0. The topological polar surface area (TPSA) is 81.4 Å². The fourth-order valence-electron chi connectivity index (χ4n) is 7.30. The van der Waals surface area contributed by atoms with Gasteiger partial charge in [0, 0.05) is 11.9 Å². The molecule has 3 aliphatic rings. The van der Waals surface area contributed by atoms with E-state index >= 15 is 0 Å². The molecule has 1 saturated heterocycles. The summed E-state index contributed by atoms with van der Waals surface area (Å²) >= 11 is 0. The van der Waals surface area contributed by atoms with Crippen LogP contribution in [0.1, 0.15) is 88.2 Å². The number of carboxylic acid groups (broad SMARTS) is 1. The molecule has 7 heteroatoms. The lowest BCUT2D eigenvalue weighted by Crippen LogP contribution is -2.40. The Morgan fingerprint density at radius 2 is 1.84 bits per heavy atom. The van der Waals surface area contributed by atoms with Crippen molar-refractivity contribution in [2.75, 3.05) is 26.8 Å². The van der Waals surface area contributed by atoms with Gasteiger partial charge in [0.2, 0.25) is 0 Å². The minimum Gasteiger partial charge on any atom is -0.496 e. The van der Waals surface area contributed by atoms with E-state index in [1.54, 1.807) is 7.11 Å². The molecule has 0 bridgehead atoms. The molecule has 2 fully saturated rings. The standard InChI is InChI=1S/C37H49NO6/c1-23(36(39)40)34(26-7-8-26)27-9-6-24-10-12-31(44-33(24)19-27)25-14-16-38(17-15-25)20-30-32(41-5)13-11-28-18-29(43-35(28)30)21-42-22-37(2,3)4/h6,9,11,13,18-19,23,25-26,31,34H,7-8,10,12,14-17,20-22H2,1-5H3,(H,39,40)/t23-,31+,34-/m0/s1. The van der Waals surface area contributed by atoms with Crippen molar-refractivity contribution >= 4 is 16.9 Å². The van der Waals surface area contributed by atoms with Crippen LogP contribution in [0, 0.1) is 23.2 Å². The highest BCUT2D eigenvalue weighted by Gasteiger charge is 2.39. The van der Waals surface area contributed by atoms with Crippen LogP contribution in [0.3, 0.4) is 0 Å². The number of hydrogen-bond donors (Lipinski definition) is 1. The SMILES string of the molecule is COc1ccc2cc(COCC(C)(C)C)oc2c1CN1CCC([C@H]2CCc3ccc([C@H](C4CC4)[C@H](C)C(=O)O)cc3O2)CC1. The lowest BCUT2D eigenvalue weighted by molar-refractivity contribution is -0.142. The first-order valence-electron chi connectivity index (χ1n) is 16.5. The molecule has 0 unspecified atom stereocenters. The van der Waals surface area contributed by atoms with Gasteiger partial charge < -0.3 is 23.7 Å². The predicted molar refractivity (Wildman–Crippen MR) is 171 cm³/mol. The average Bonchev–Trinajstić information content (AvgIpc) is 3.74. The number of nitrogens with zero attached hydrogens (tertiary/aromatic N) is 1. The Labute approximate surface area is 261 Å². The van der Waals surface area contributed by atoms with Crippen LogP contribution in [-0.4, -0.2) is 48.9 Å². The number of furan rings is 1. The van der Waals surface area contributed by atoms with E-state index < -0.39 is 5.97 Å². The van der Waals surface area contributed by atoms with Crippen LogP contribution in [0.2, 0.25) is 0 Å². The molecule has 0 amide bonds. The highest BCUT2D eigenvalue weighted by Crippen LogP contribution is 2.48. The summed E-state index contributed by atoms with van der Waals surface area (Å²) in [5, 5.41) is 10.8. The zero-order valence-corrected chi connectivity index (χ0v) is 27.1. The highest BCUT2D eigenvalue weighted by atomic mass is 16.5. The number of ether oxygens (including phenoxy) is 3. The molecule has 3 atom stereocenters. The van der Waals surface area contributed by atoms with Crippen molar-refractivity contribution in [2.24, 2.45) is 23.2 Å². The van der Waals surface area contributed by atoms with Crippen LogP contribution in [0.15, 0.2) is 40.8 Å². The first-order valence-corrected chi connectivity index (χ1v) is 16.5. The van der Waals surface area contributed by atoms with Crippen molar-refractivity contribution < 1.29 is 28.5 Å². The summed E-state index contributed by atoms with van der Waals surface area (Å²) in [6.45, 7) is 12.3. The van der Waals surface area contributed by atoms with Crippen LogP contribution in [0.25, 0.3) is 11.0 Å². The Morgan fingerprint density at radius 1 is 1.07 bits per heavy atom. The third-order valence-electron chi connectivity index (χ3n) is 9.85. The minimum absolute atomic E-state index is 0.0627. The highest BCUT2D eigenvalue weighted by molar-refractivity contribution is 5.83. The Hall–Kier alpha value is -3.03. The molecule has 3 aromatic rings. The Morgan fingerprint density at radius 3 is 2.52 bits per heavy atom. The van der Waals surface area contributed by atoms with Gasteiger partial charge in [-0.15, -0.1) is 0 Å². The zero-order chi connectivity index (χ0) is 31.0. The van der Waals surface area contributed by atoms with E-state index in [-0.39, 0.29) is 23.4 Å². The Bertz CT molecular complexity index is 1460. The largest absolute Gasteiger partial charge is 0.496 e. The van der Waals surface area contributed by atoms with Gasteiger partial charge in [-0.3, -0.25) is 9.69 Å². The number of likely N-dealkylation sites (tertiary alicyclic amines) is 1.